The Hall–Kier alpha value is -6.12. The van der Waals surface area contributed by atoms with Gasteiger partial charge < -0.3 is 9.47 Å². The molecule has 2 aromatic carbocycles. The number of hydrogen-bond donors (Lipinski definition) is 0. The fourth-order valence-corrected chi connectivity index (χ4v) is 6.98. The summed E-state index contributed by atoms with van der Waals surface area (Å²) in [6, 6.07) is 17.7. The predicted molar refractivity (Wildman–Crippen MR) is 211 cm³/mol. The number of ether oxygens (including phenoxy) is 2. The van der Waals surface area contributed by atoms with Crippen molar-refractivity contribution < 1.29 is 19.3 Å². The van der Waals surface area contributed by atoms with Gasteiger partial charge in [-0.05, 0) is 131 Å². The number of benzene rings is 2. The number of nitrogens with zero attached hydrogens (tertiary/aromatic N) is 8. The molecule has 0 aliphatic carbocycles. The lowest BCUT2D eigenvalue weighted by molar-refractivity contribution is -0.384. The molecule has 8 rings (SSSR count). The van der Waals surface area contributed by atoms with Crippen LogP contribution in [0, 0.1) is 41.0 Å². The van der Waals surface area contributed by atoms with E-state index in [1.165, 1.54) is 12.1 Å². The number of rotatable bonds is 8. The number of nitro groups is 2. The normalized spacial score (nSPS) is 17.5. The van der Waals surface area contributed by atoms with Gasteiger partial charge >= 0.3 is 0 Å². The number of aromatic nitrogens is 6. The predicted octanol–water partition coefficient (Wildman–Crippen LogP) is 9.34. The molecule has 0 bridgehead atoms. The average Bonchev–Trinajstić information content (AvgIpc) is 3.74. The molecule has 14 heteroatoms. The largest absolute Gasteiger partial charge is 0.356 e. The first-order valence-electron chi connectivity index (χ1n) is 18.4. The SMILES string of the molecule is Cc1cc(C)nc(C=Cc2nn(C3CCCCO3)c3cc([N+](=O)[O-])ccc23)c1.Cc1ccnc(C=Cc2nn(C3CCCCO3)c3cc([N+](=O)[O-])ccc23)c1. The zero-order chi connectivity index (χ0) is 38.5. The van der Waals surface area contributed by atoms with E-state index in [-0.39, 0.29) is 33.7 Å². The van der Waals surface area contributed by atoms with Crippen molar-refractivity contribution in [2.45, 2.75) is 71.8 Å². The summed E-state index contributed by atoms with van der Waals surface area (Å²) in [5.41, 5.74) is 7.97. The minimum atomic E-state index is -0.384. The van der Waals surface area contributed by atoms with Gasteiger partial charge in [-0.3, -0.25) is 30.2 Å². The first kappa shape index (κ1) is 37.2. The van der Waals surface area contributed by atoms with Gasteiger partial charge in [-0.1, -0.05) is 0 Å². The van der Waals surface area contributed by atoms with Gasteiger partial charge in [0.25, 0.3) is 11.4 Å². The summed E-state index contributed by atoms with van der Waals surface area (Å²) in [4.78, 5) is 30.5. The summed E-state index contributed by atoms with van der Waals surface area (Å²) in [5.74, 6) is 0. The molecule has 2 atom stereocenters. The summed E-state index contributed by atoms with van der Waals surface area (Å²) in [6.45, 7) is 7.38. The van der Waals surface area contributed by atoms with Crippen LogP contribution in [0.2, 0.25) is 0 Å². The molecular weight excluding hydrogens is 701 g/mol. The third-order valence-corrected chi connectivity index (χ3v) is 9.60. The molecule has 2 unspecified atom stereocenters. The standard InChI is InChI=1S/C21H22N4O3.C20H20N4O3/c1-14-11-15(2)22-16(12-14)6-9-19-18-8-7-17(25(26)27)13-20(18)24(23-19)21-5-3-4-10-28-21;1-14-9-10-21-15(12-14)5-8-18-17-7-6-16(24(25)26)13-19(17)23(22-18)20-4-2-3-11-27-20/h6-9,11-13,21H,3-5,10H2,1-2H3;5-10,12-13,20H,2-4,11H2,1H3. The van der Waals surface area contributed by atoms with Crippen LogP contribution < -0.4 is 0 Å². The maximum Gasteiger partial charge on any atom is 0.271 e. The number of fused-ring (bicyclic) bond motifs is 2. The second-order valence-electron chi connectivity index (χ2n) is 13.9. The molecule has 0 N–H and O–H groups in total. The number of non-ortho nitro benzene ring substituents is 2. The first-order valence-corrected chi connectivity index (χ1v) is 18.4. The quantitative estimate of drug-likeness (QED) is 0.108. The molecule has 2 fully saturated rings. The Labute approximate surface area is 317 Å². The molecule has 2 aliphatic heterocycles. The molecule has 0 saturated carbocycles. The molecule has 6 heterocycles. The van der Waals surface area contributed by atoms with Gasteiger partial charge in [0.2, 0.25) is 0 Å². The third kappa shape index (κ3) is 8.66. The van der Waals surface area contributed by atoms with Gasteiger partial charge in [-0.2, -0.15) is 10.2 Å². The number of hydrogen-bond acceptors (Lipinski definition) is 10. The van der Waals surface area contributed by atoms with Gasteiger partial charge in [0.15, 0.2) is 12.5 Å². The van der Waals surface area contributed by atoms with Gasteiger partial charge in [0.1, 0.15) is 0 Å². The van der Waals surface area contributed by atoms with Crippen molar-refractivity contribution in [3.63, 3.8) is 0 Å². The van der Waals surface area contributed by atoms with E-state index in [0.29, 0.717) is 24.2 Å². The van der Waals surface area contributed by atoms with E-state index in [4.69, 9.17) is 19.7 Å². The lowest BCUT2D eigenvalue weighted by Gasteiger charge is -2.23. The van der Waals surface area contributed by atoms with E-state index in [9.17, 15) is 20.2 Å². The van der Waals surface area contributed by atoms with E-state index in [2.05, 4.69) is 9.97 Å². The summed E-state index contributed by atoms with van der Waals surface area (Å²) >= 11 is 0. The van der Waals surface area contributed by atoms with E-state index < -0.39 is 0 Å². The average molecular weight is 743 g/mol. The fraction of sp³-hybridized carbons (Fsp3) is 0.317. The van der Waals surface area contributed by atoms with Crippen LogP contribution in [-0.2, 0) is 9.47 Å². The highest BCUT2D eigenvalue weighted by molar-refractivity contribution is 5.92. The Morgan fingerprint density at radius 1 is 0.655 bits per heavy atom. The van der Waals surface area contributed by atoms with Crippen LogP contribution in [0.5, 0.6) is 0 Å². The van der Waals surface area contributed by atoms with Crippen molar-refractivity contribution in [1.29, 1.82) is 0 Å². The Morgan fingerprint density at radius 2 is 1.18 bits per heavy atom. The molecule has 0 radical (unpaired) electrons. The van der Waals surface area contributed by atoms with E-state index >= 15 is 0 Å². The minimum Gasteiger partial charge on any atom is -0.356 e. The van der Waals surface area contributed by atoms with Crippen molar-refractivity contribution >= 4 is 57.5 Å². The lowest BCUT2D eigenvalue weighted by Crippen LogP contribution is -2.19. The molecule has 2 saturated heterocycles. The maximum atomic E-state index is 11.2. The van der Waals surface area contributed by atoms with Gasteiger partial charge in [-0.15, -0.1) is 0 Å². The van der Waals surface area contributed by atoms with Crippen LogP contribution in [0.3, 0.4) is 0 Å². The van der Waals surface area contributed by atoms with Crippen LogP contribution in [-0.4, -0.2) is 52.6 Å². The van der Waals surface area contributed by atoms with Crippen molar-refractivity contribution in [2.75, 3.05) is 13.2 Å². The van der Waals surface area contributed by atoms with Crippen LogP contribution in [0.1, 0.15) is 90.6 Å². The Morgan fingerprint density at radius 3 is 1.65 bits per heavy atom. The number of pyridine rings is 2. The molecule has 282 valence electrons. The van der Waals surface area contributed by atoms with E-state index in [0.717, 1.165) is 88.9 Å². The maximum absolute atomic E-state index is 11.2. The Bertz CT molecular complexity index is 2400. The first-order chi connectivity index (χ1) is 26.6. The zero-order valence-electron chi connectivity index (χ0n) is 31.0. The van der Waals surface area contributed by atoms with Gasteiger partial charge in [0, 0.05) is 60.1 Å². The van der Waals surface area contributed by atoms with Crippen LogP contribution in [0.4, 0.5) is 11.4 Å². The highest BCUT2D eigenvalue weighted by Gasteiger charge is 2.23. The van der Waals surface area contributed by atoms with Crippen molar-refractivity contribution in [2.24, 2.45) is 0 Å². The van der Waals surface area contributed by atoms with Crippen LogP contribution in [0.25, 0.3) is 46.1 Å². The smallest absolute Gasteiger partial charge is 0.271 e. The second kappa shape index (κ2) is 16.5. The van der Waals surface area contributed by atoms with Gasteiger partial charge in [-0.25, -0.2) is 9.36 Å². The molecule has 0 amide bonds. The van der Waals surface area contributed by atoms with Crippen molar-refractivity contribution in [3.05, 3.63) is 127 Å². The molecule has 14 nitrogen and oxygen atoms in total. The molecular formula is C41H42N8O6. The molecule has 0 spiro atoms. The summed E-state index contributed by atoms with van der Waals surface area (Å²) in [6.07, 6.45) is 14.9. The Balaban J connectivity index is 0.000000169. The summed E-state index contributed by atoms with van der Waals surface area (Å²) in [7, 11) is 0. The lowest BCUT2D eigenvalue weighted by atomic mass is 10.1. The van der Waals surface area contributed by atoms with Crippen LogP contribution >= 0.6 is 0 Å². The summed E-state index contributed by atoms with van der Waals surface area (Å²) < 4.78 is 15.3. The second-order valence-corrected chi connectivity index (χ2v) is 13.9. The van der Waals surface area contributed by atoms with Crippen LogP contribution in [0.15, 0.2) is 66.9 Å². The third-order valence-electron chi connectivity index (χ3n) is 9.60. The monoisotopic (exact) mass is 742 g/mol. The molecule has 4 aromatic heterocycles. The van der Waals surface area contributed by atoms with E-state index in [1.807, 2.05) is 69.3 Å². The highest BCUT2D eigenvalue weighted by atomic mass is 16.6. The number of nitro benzene ring substituents is 2. The zero-order valence-corrected chi connectivity index (χ0v) is 31.0. The molecule has 6 aromatic rings. The van der Waals surface area contributed by atoms with Crippen molar-refractivity contribution in [1.82, 2.24) is 29.5 Å². The minimum absolute atomic E-state index is 0.0512. The fourth-order valence-electron chi connectivity index (χ4n) is 6.98. The van der Waals surface area contributed by atoms with E-state index in [1.54, 1.807) is 39.8 Å². The number of aryl methyl sites for hydroxylation is 3. The topological polar surface area (TPSA) is 166 Å². The molecule has 55 heavy (non-hydrogen) atoms. The Kier molecular flexibility index (Phi) is 11.2. The highest BCUT2D eigenvalue weighted by Crippen LogP contribution is 2.33. The van der Waals surface area contributed by atoms with Gasteiger partial charge in [0.05, 0.1) is 43.7 Å². The molecule has 2 aliphatic rings. The van der Waals surface area contributed by atoms with Crippen molar-refractivity contribution in [3.8, 4) is 0 Å². The summed E-state index contributed by atoms with van der Waals surface area (Å²) in [5, 5.41) is 33.6.